The number of carbonyl (C=O) groups excluding carboxylic acids is 2. The number of benzene rings is 1. The van der Waals surface area contributed by atoms with Crippen molar-refractivity contribution < 1.29 is 18.7 Å². The number of ether oxygens (including phenoxy) is 1. The van der Waals surface area contributed by atoms with E-state index in [0.29, 0.717) is 19.4 Å². The molecule has 1 heterocycles. The normalized spacial score (nSPS) is 22.3. The Balaban J connectivity index is 1.89. The van der Waals surface area contributed by atoms with Gasteiger partial charge in [-0.25, -0.2) is 4.39 Å². The number of amides is 2. The monoisotopic (exact) mass is 308 g/mol. The van der Waals surface area contributed by atoms with Gasteiger partial charge in [0.1, 0.15) is 11.4 Å². The van der Waals surface area contributed by atoms with Gasteiger partial charge in [-0.15, -0.1) is 0 Å². The third-order valence-electron chi connectivity index (χ3n) is 3.88. The second-order valence-corrected chi connectivity index (χ2v) is 5.94. The molecule has 0 aromatic heterocycles. The van der Waals surface area contributed by atoms with Crippen molar-refractivity contribution in [3.05, 3.63) is 35.6 Å². The van der Waals surface area contributed by atoms with Crippen LogP contribution >= 0.6 is 0 Å². The summed E-state index contributed by atoms with van der Waals surface area (Å²) in [6.45, 7) is 2.43. The molecule has 0 radical (unpaired) electrons. The number of hydrogen-bond donors (Lipinski definition) is 2. The van der Waals surface area contributed by atoms with E-state index >= 15 is 0 Å². The minimum atomic E-state index is -1.09. The van der Waals surface area contributed by atoms with Crippen LogP contribution in [0, 0.1) is 11.7 Å². The lowest BCUT2D eigenvalue weighted by Crippen LogP contribution is -2.58. The molecule has 0 spiro atoms. The Hall–Kier alpha value is -1.95. The van der Waals surface area contributed by atoms with Gasteiger partial charge in [0.15, 0.2) is 0 Å². The predicted octanol–water partition coefficient (Wildman–Crippen LogP) is 1.15. The lowest BCUT2D eigenvalue weighted by Gasteiger charge is -2.25. The van der Waals surface area contributed by atoms with Gasteiger partial charge < -0.3 is 15.8 Å². The molecule has 0 aliphatic carbocycles. The first kappa shape index (κ1) is 16.4. The van der Waals surface area contributed by atoms with Crippen molar-refractivity contribution in [2.45, 2.75) is 31.7 Å². The number of rotatable bonds is 6. The van der Waals surface area contributed by atoms with E-state index in [2.05, 4.69) is 5.32 Å². The fourth-order valence-electron chi connectivity index (χ4n) is 2.69. The molecule has 1 fully saturated rings. The number of halogens is 1. The summed E-state index contributed by atoms with van der Waals surface area (Å²) >= 11 is 0. The molecule has 1 saturated heterocycles. The molecule has 0 saturated carbocycles. The number of hydrogen-bond acceptors (Lipinski definition) is 3. The molecule has 0 bridgehead atoms. The summed E-state index contributed by atoms with van der Waals surface area (Å²) in [4.78, 5) is 23.7. The second kappa shape index (κ2) is 6.87. The first-order valence-electron chi connectivity index (χ1n) is 7.34. The van der Waals surface area contributed by atoms with Gasteiger partial charge in [0.25, 0.3) is 0 Å². The highest BCUT2D eigenvalue weighted by atomic mass is 19.1. The van der Waals surface area contributed by atoms with Crippen LogP contribution in [-0.2, 0) is 20.7 Å². The Labute approximate surface area is 129 Å². The van der Waals surface area contributed by atoms with Crippen LogP contribution in [0.15, 0.2) is 24.3 Å². The molecule has 1 aromatic rings. The summed E-state index contributed by atoms with van der Waals surface area (Å²) in [5, 5.41) is 2.71. The Morgan fingerprint density at radius 1 is 1.50 bits per heavy atom. The predicted molar refractivity (Wildman–Crippen MR) is 79.4 cm³/mol. The van der Waals surface area contributed by atoms with E-state index in [1.807, 2.05) is 13.0 Å². The van der Waals surface area contributed by atoms with E-state index < -0.39 is 11.4 Å². The molecule has 2 unspecified atom stereocenters. The average molecular weight is 308 g/mol. The average Bonchev–Trinajstić information content (AvgIpc) is 2.88. The van der Waals surface area contributed by atoms with Gasteiger partial charge in [-0.2, -0.15) is 0 Å². The smallest absolute Gasteiger partial charge is 0.245 e. The molecule has 1 aliphatic rings. The molecule has 2 atom stereocenters. The van der Waals surface area contributed by atoms with Crippen LogP contribution in [-0.4, -0.2) is 30.6 Å². The Morgan fingerprint density at radius 2 is 2.27 bits per heavy atom. The van der Waals surface area contributed by atoms with Crippen molar-refractivity contribution in [3.8, 4) is 0 Å². The van der Waals surface area contributed by atoms with Gasteiger partial charge in [-0.05, 0) is 30.0 Å². The van der Waals surface area contributed by atoms with Crippen LogP contribution < -0.4 is 11.1 Å². The van der Waals surface area contributed by atoms with E-state index in [-0.39, 0.29) is 30.7 Å². The zero-order valence-electron chi connectivity index (χ0n) is 12.6. The maximum absolute atomic E-state index is 13.1. The van der Waals surface area contributed by atoms with Gasteiger partial charge >= 0.3 is 0 Å². The SMILES string of the molecule is CC(CC(=O)NC1(C(N)=O)CCOC1)Cc1cccc(F)c1. The van der Waals surface area contributed by atoms with Crippen LogP contribution in [0.4, 0.5) is 4.39 Å². The fourth-order valence-corrected chi connectivity index (χ4v) is 2.69. The zero-order chi connectivity index (χ0) is 16.2. The summed E-state index contributed by atoms with van der Waals surface area (Å²) in [7, 11) is 0. The maximum atomic E-state index is 13.1. The summed E-state index contributed by atoms with van der Waals surface area (Å²) < 4.78 is 18.3. The lowest BCUT2D eigenvalue weighted by atomic mass is 9.94. The van der Waals surface area contributed by atoms with Crippen molar-refractivity contribution >= 4 is 11.8 Å². The van der Waals surface area contributed by atoms with Crippen molar-refractivity contribution in [1.29, 1.82) is 0 Å². The van der Waals surface area contributed by atoms with Crippen LogP contribution in [0.1, 0.15) is 25.3 Å². The minimum absolute atomic E-state index is 0.0223. The zero-order valence-corrected chi connectivity index (χ0v) is 12.6. The topological polar surface area (TPSA) is 81.4 Å². The molecule has 2 rings (SSSR count). The van der Waals surface area contributed by atoms with Gasteiger partial charge in [0.05, 0.1) is 6.61 Å². The highest BCUT2D eigenvalue weighted by molar-refractivity contribution is 5.90. The number of primary amides is 1. The summed E-state index contributed by atoms with van der Waals surface area (Å²) in [5.41, 5.74) is 5.13. The first-order chi connectivity index (χ1) is 10.4. The molecule has 5 nitrogen and oxygen atoms in total. The van der Waals surface area contributed by atoms with Crippen molar-refractivity contribution in [3.63, 3.8) is 0 Å². The molecule has 2 amide bonds. The number of nitrogens with two attached hydrogens (primary N) is 1. The van der Waals surface area contributed by atoms with Crippen LogP contribution in [0.2, 0.25) is 0 Å². The van der Waals surface area contributed by atoms with Crippen molar-refractivity contribution in [1.82, 2.24) is 5.32 Å². The van der Waals surface area contributed by atoms with Crippen LogP contribution in [0.5, 0.6) is 0 Å². The Morgan fingerprint density at radius 3 is 2.86 bits per heavy atom. The fraction of sp³-hybridized carbons (Fsp3) is 0.500. The summed E-state index contributed by atoms with van der Waals surface area (Å²) in [6.07, 6.45) is 1.23. The highest BCUT2D eigenvalue weighted by Gasteiger charge is 2.42. The third kappa shape index (κ3) is 4.04. The quantitative estimate of drug-likeness (QED) is 0.827. The third-order valence-corrected chi connectivity index (χ3v) is 3.88. The van der Waals surface area contributed by atoms with Gasteiger partial charge in [-0.1, -0.05) is 19.1 Å². The molecule has 6 heteroatoms. The van der Waals surface area contributed by atoms with E-state index in [4.69, 9.17) is 10.5 Å². The first-order valence-corrected chi connectivity index (χ1v) is 7.34. The van der Waals surface area contributed by atoms with E-state index in [9.17, 15) is 14.0 Å². The molecular formula is C16H21FN2O3. The lowest BCUT2D eigenvalue weighted by molar-refractivity contribution is -0.132. The Kier molecular flexibility index (Phi) is 5.13. The van der Waals surface area contributed by atoms with Crippen LogP contribution in [0.3, 0.4) is 0 Å². The summed E-state index contributed by atoms with van der Waals surface area (Å²) in [6, 6.07) is 6.32. The maximum Gasteiger partial charge on any atom is 0.245 e. The number of carbonyl (C=O) groups is 2. The van der Waals surface area contributed by atoms with E-state index in [1.165, 1.54) is 12.1 Å². The molecule has 3 N–H and O–H groups in total. The highest BCUT2D eigenvalue weighted by Crippen LogP contribution is 2.19. The van der Waals surface area contributed by atoms with E-state index in [1.54, 1.807) is 6.07 Å². The largest absolute Gasteiger partial charge is 0.378 e. The Bertz CT molecular complexity index is 556. The molecule has 120 valence electrons. The van der Waals surface area contributed by atoms with E-state index in [0.717, 1.165) is 5.56 Å². The van der Waals surface area contributed by atoms with Gasteiger partial charge in [0, 0.05) is 19.4 Å². The minimum Gasteiger partial charge on any atom is -0.378 e. The second-order valence-electron chi connectivity index (χ2n) is 5.94. The molecule has 1 aromatic carbocycles. The standard InChI is InChI=1S/C16H21FN2O3/c1-11(7-12-3-2-4-13(17)9-12)8-14(20)19-16(15(18)21)5-6-22-10-16/h2-4,9,11H,5-8,10H2,1H3,(H2,18,21)(H,19,20). The summed E-state index contributed by atoms with van der Waals surface area (Å²) in [5.74, 6) is -1.08. The molecular weight excluding hydrogens is 287 g/mol. The van der Waals surface area contributed by atoms with Crippen molar-refractivity contribution in [2.75, 3.05) is 13.2 Å². The molecule has 22 heavy (non-hydrogen) atoms. The number of nitrogens with one attached hydrogen (secondary N) is 1. The molecule has 1 aliphatic heterocycles. The van der Waals surface area contributed by atoms with Gasteiger partial charge in [-0.3, -0.25) is 9.59 Å². The van der Waals surface area contributed by atoms with Crippen LogP contribution in [0.25, 0.3) is 0 Å². The van der Waals surface area contributed by atoms with Crippen molar-refractivity contribution in [2.24, 2.45) is 11.7 Å². The van der Waals surface area contributed by atoms with Gasteiger partial charge in [0.2, 0.25) is 11.8 Å².